The predicted molar refractivity (Wildman–Crippen MR) is 113 cm³/mol. The highest BCUT2D eigenvalue weighted by molar-refractivity contribution is 6.29. The molecule has 0 aliphatic carbocycles. The Labute approximate surface area is 169 Å². The second-order valence-electron chi connectivity index (χ2n) is 7.06. The van der Waals surface area contributed by atoms with Gasteiger partial charge in [0.15, 0.2) is 17.3 Å². The van der Waals surface area contributed by atoms with E-state index in [1.54, 1.807) is 39.5 Å². The fourth-order valence-corrected chi connectivity index (χ4v) is 3.79. The molecule has 4 rings (SSSR count). The molecule has 0 unspecified atom stereocenters. The summed E-state index contributed by atoms with van der Waals surface area (Å²) in [7, 11) is 6.78. The summed E-state index contributed by atoms with van der Waals surface area (Å²) in [6.45, 7) is 0.819. The topological polar surface area (TPSA) is 63.8 Å². The van der Waals surface area contributed by atoms with E-state index >= 15 is 0 Å². The molecule has 1 aliphatic heterocycles. The van der Waals surface area contributed by atoms with Crippen LogP contribution in [0, 0.1) is 0 Å². The van der Waals surface area contributed by atoms with Gasteiger partial charge in [0.1, 0.15) is 5.75 Å². The fraction of sp³-hybridized carbons (Fsp3) is 0.261. The number of benzene rings is 2. The first kappa shape index (κ1) is 18.9. The molecule has 0 bridgehead atoms. The van der Waals surface area contributed by atoms with E-state index in [0.29, 0.717) is 22.6 Å². The van der Waals surface area contributed by atoms with Crippen molar-refractivity contribution in [1.29, 1.82) is 0 Å². The van der Waals surface area contributed by atoms with Crippen LogP contribution in [-0.2, 0) is 6.42 Å². The van der Waals surface area contributed by atoms with Crippen LogP contribution in [0.2, 0.25) is 0 Å². The number of carbonyl (C=O) groups excluding carboxylic acids is 1. The van der Waals surface area contributed by atoms with Crippen molar-refractivity contribution in [1.82, 2.24) is 9.88 Å². The molecule has 0 radical (unpaired) electrons. The highest BCUT2D eigenvalue weighted by Crippen LogP contribution is 2.35. The Morgan fingerprint density at radius 2 is 1.79 bits per heavy atom. The van der Waals surface area contributed by atoms with Crippen LogP contribution in [0.3, 0.4) is 0 Å². The summed E-state index contributed by atoms with van der Waals surface area (Å²) in [5.74, 6) is 1.85. The molecule has 1 aromatic heterocycles. The second kappa shape index (κ2) is 7.54. The van der Waals surface area contributed by atoms with Crippen LogP contribution in [0.5, 0.6) is 17.2 Å². The van der Waals surface area contributed by atoms with Crippen molar-refractivity contribution < 1.29 is 19.0 Å². The molecule has 0 amide bonds. The number of allylic oxidation sites excluding steroid dienone is 1. The number of likely N-dealkylation sites (N-methyl/N-ethyl adjacent to an activating group) is 1. The van der Waals surface area contributed by atoms with Crippen LogP contribution in [0.1, 0.15) is 21.6 Å². The van der Waals surface area contributed by atoms with Crippen molar-refractivity contribution in [2.24, 2.45) is 0 Å². The molecule has 6 heteroatoms. The second-order valence-corrected chi connectivity index (χ2v) is 7.06. The number of H-pyrrole nitrogens is 1. The Kier molecular flexibility index (Phi) is 4.92. The molecule has 2 aromatic carbocycles. The number of nitrogens with zero attached hydrogens (tertiary/aromatic N) is 1. The first-order valence-corrected chi connectivity index (χ1v) is 9.43. The van der Waals surface area contributed by atoms with Gasteiger partial charge >= 0.3 is 0 Å². The number of carbonyl (C=O) groups is 1. The van der Waals surface area contributed by atoms with E-state index in [2.05, 4.69) is 4.98 Å². The highest BCUT2D eigenvalue weighted by atomic mass is 16.5. The van der Waals surface area contributed by atoms with E-state index in [-0.39, 0.29) is 5.78 Å². The number of aromatic amines is 1. The maximum Gasteiger partial charge on any atom is 0.196 e. The van der Waals surface area contributed by atoms with E-state index < -0.39 is 0 Å². The zero-order valence-corrected chi connectivity index (χ0v) is 17.0. The first-order valence-electron chi connectivity index (χ1n) is 9.43. The molecule has 3 aromatic rings. The number of fused-ring (bicyclic) bond motifs is 3. The van der Waals surface area contributed by atoms with Crippen molar-refractivity contribution in [2.45, 2.75) is 6.42 Å². The Balaban J connectivity index is 1.84. The molecule has 0 spiro atoms. The molecule has 0 saturated carbocycles. The normalized spacial score (nSPS) is 13.5. The van der Waals surface area contributed by atoms with Crippen LogP contribution in [0.4, 0.5) is 0 Å². The summed E-state index contributed by atoms with van der Waals surface area (Å²) in [4.78, 5) is 19.0. The van der Waals surface area contributed by atoms with Gasteiger partial charge in [-0.15, -0.1) is 0 Å². The van der Waals surface area contributed by atoms with Crippen molar-refractivity contribution >= 4 is 22.3 Å². The fourth-order valence-electron chi connectivity index (χ4n) is 3.79. The summed E-state index contributed by atoms with van der Waals surface area (Å²) >= 11 is 0. The Morgan fingerprint density at radius 1 is 1.00 bits per heavy atom. The van der Waals surface area contributed by atoms with Gasteiger partial charge in [-0.1, -0.05) is 0 Å². The summed E-state index contributed by atoms with van der Waals surface area (Å²) in [5, 5.41) is 1.08. The van der Waals surface area contributed by atoms with E-state index in [9.17, 15) is 4.79 Å². The minimum atomic E-state index is -0.0699. The van der Waals surface area contributed by atoms with Gasteiger partial charge in [-0.2, -0.15) is 0 Å². The molecular formula is C23H24N2O4. The van der Waals surface area contributed by atoms with Crippen LogP contribution >= 0.6 is 0 Å². The third-order valence-electron chi connectivity index (χ3n) is 5.34. The molecule has 2 heterocycles. The highest BCUT2D eigenvalue weighted by Gasteiger charge is 2.25. The van der Waals surface area contributed by atoms with Crippen molar-refractivity contribution in [3.63, 3.8) is 0 Å². The van der Waals surface area contributed by atoms with Gasteiger partial charge < -0.3 is 24.1 Å². The molecule has 0 atom stereocenters. The van der Waals surface area contributed by atoms with E-state index in [1.165, 1.54) is 0 Å². The maximum atomic E-state index is 13.5. The molecule has 6 nitrogen and oxygen atoms in total. The van der Waals surface area contributed by atoms with Gasteiger partial charge in [-0.25, -0.2) is 0 Å². The predicted octanol–water partition coefficient (Wildman–Crippen LogP) is 3.91. The lowest BCUT2D eigenvalue weighted by Gasteiger charge is -2.13. The monoisotopic (exact) mass is 392 g/mol. The minimum Gasteiger partial charge on any atom is -0.497 e. The van der Waals surface area contributed by atoms with E-state index in [1.807, 2.05) is 36.3 Å². The third-order valence-corrected chi connectivity index (χ3v) is 5.34. The number of hydrogen-bond donors (Lipinski definition) is 1. The van der Waals surface area contributed by atoms with Crippen LogP contribution in [-0.4, -0.2) is 50.6 Å². The zero-order chi connectivity index (χ0) is 20.5. The minimum absolute atomic E-state index is 0.0699. The zero-order valence-electron chi connectivity index (χ0n) is 17.0. The number of Topliss-reactive ketones (excluding diaryl/α,β-unsaturated/α-hetero) is 1. The number of hydrogen-bond acceptors (Lipinski definition) is 5. The van der Waals surface area contributed by atoms with Crippen molar-refractivity contribution in [3.05, 3.63) is 59.4 Å². The number of ketones is 1. The SMILES string of the molecule is COc1ccc2[nH]c3c(c2c1)CCN(C)C=C3C(=O)c1ccc(OC)c(OC)c1. The summed E-state index contributed by atoms with van der Waals surface area (Å²) < 4.78 is 16.1. The molecule has 150 valence electrons. The largest absolute Gasteiger partial charge is 0.497 e. The number of methoxy groups -OCH3 is 3. The molecular weight excluding hydrogens is 368 g/mol. The summed E-state index contributed by atoms with van der Waals surface area (Å²) in [5.41, 5.74) is 4.15. The smallest absolute Gasteiger partial charge is 0.196 e. The summed E-state index contributed by atoms with van der Waals surface area (Å²) in [6, 6.07) is 11.2. The van der Waals surface area contributed by atoms with Gasteiger partial charge in [-0.3, -0.25) is 4.79 Å². The number of aromatic nitrogens is 1. The van der Waals surface area contributed by atoms with Crippen molar-refractivity contribution in [3.8, 4) is 17.2 Å². The lowest BCUT2D eigenvalue weighted by Crippen LogP contribution is -2.14. The average molecular weight is 392 g/mol. The maximum absolute atomic E-state index is 13.5. The average Bonchev–Trinajstić information content (AvgIpc) is 3.03. The van der Waals surface area contributed by atoms with Crippen LogP contribution in [0.15, 0.2) is 42.6 Å². The van der Waals surface area contributed by atoms with Crippen molar-refractivity contribution in [2.75, 3.05) is 34.9 Å². The number of rotatable bonds is 5. The molecule has 0 saturated heterocycles. The van der Waals surface area contributed by atoms with Crippen LogP contribution < -0.4 is 14.2 Å². The van der Waals surface area contributed by atoms with Gasteiger partial charge in [-0.05, 0) is 48.4 Å². The Morgan fingerprint density at radius 3 is 2.52 bits per heavy atom. The van der Waals surface area contributed by atoms with Gasteiger partial charge in [0.2, 0.25) is 0 Å². The lowest BCUT2D eigenvalue weighted by molar-refractivity contribution is 0.105. The van der Waals surface area contributed by atoms with Gasteiger partial charge in [0.05, 0.1) is 32.6 Å². The lowest BCUT2D eigenvalue weighted by atomic mass is 9.97. The number of ether oxygens (including phenoxy) is 3. The first-order chi connectivity index (χ1) is 14.0. The number of nitrogens with one attached hydrogen (secondary N) is 1. The molecule has 29 heavy (non-hydrogen) atoms. The Hall–Kier alpha value is -3.41. The van der Waals surface area contributed by atoms with E-state index in [4.69, 9.17) is 14.2 Å². The van der Waals surface area contributed by atoms with Gasteiger partial charge in [0, 0.05) is 36.3 Å². The Bertz CT molecular complexity index is 1110. The molecule has 1 aliphatic rings. The summed E-state index contributed by atoms with van der Waals surface area (Å²) in [6.07, 6.45) is 2.75. The van der Waals surface area contributed by atoms with Crippen LogP contribution in [0.25, 0.3) is 16.5 Å². The standard InChI is InChI=1S/C23H24N2O4/c1-25-10-9-16-17-12-15(27-2)6-7-19(17)24-22(16)18(13-25)23(26)14-5-8-20(28-3)21(11-14)29-4/h5-8,11-13,24H,9-10H2,1-4H3. The molecule has 1 N–H and O–H groups in total. The molecule has 0 fully saturated rings. The van der Waals surface area contributed by atoms with E-state index in [0.717, 1.165) is 40.9 Å². The quantitative estimate of drug-likeness (QED) is 0.667. The third kappa shape index (κ3) is 3.31. The van der Waals surface area contributed by atoms with Gasteiger partial charge in [0.25, 0.3) is 0 Å².